The van der Waals surface area contributed by atoms with E-state index in [4.69, 9.17) is 10.2 Å². The molecule has 0 radical (unpaired) electrons. The molecule has 1 atom stereocenters. The molecule has 0 aromatic rings. The summed E-state index contributed by atoms with van der Waals surface area (Å²) in [5, 5.41) is 17.7. The molecule has 0 aliphatic rings. The van der Waals surface area contributed by atoms with Gasteiger partial charge in [0.2, 0.25) is 0 Å². The van der Waals surface area contributed by atoms with Crippen LogP contribution < -0.4 is 0 Å². The van der Waals surface area contributed by atoms with Crippen LogP contribution in [0.2, 0.25) is 0 Å². The van der Waals surface area contributed by atoms with Gasteiger partial charge in [-0.05, 0) is 38.5 Å². The molecule has 0 fully saturated rings. The van der Waals surface area contributed by atoms with E-state index in [0.717, 1.165) is 44.9 Å². The Kier molecular flexibility index (Phi) is 20.0. The molecule has 0 amide bonds. The minimum absolute atomic E-state index is 0.124. The van der Waals surface area contributed by atoms with Gasteiger partial charge in [0.05, 0.1) is 6.61 Å². The lowest BCUT2D eigenvalue weighted by molar-refractivity contribution is -0.137. The number of carboxylic acids is 1. The van der Waals surface area contributed by atoms with Gasteiger partial charge in [-0.3, -0.25) is 9.59 Å². The fourth-order valence-corrected chi connectivity index (χ4v) is 3.52. The third-order valence-electron chi connectivity index (χ3n) is 4.09. The van der Waals surface area contributed by atoms with Crippen LogP contribution in [0.15, 0.2) is 48.6 Å². The number of thioether (sulfide) groups is 1. The predicted molar refractivity (Wildman–Crippen MR) is 124 cm³/mol. The molecule has 164 valence electrons. The summed E-state index contributed by atoms with van der Waals surface area (Å²) in [5.74, 6) is 0.135. The van der Waals surface area contributed by atoms with E-state index in [1.807, 2.05) is 12.2 Å². The molecule has 29 heavy (non-hydrogen) atoms. The third kappa shape index (κ3) is 20.9. The summed E-state index contributed by atoms with van der Waals surface area (Å²) in [6.45, 7) is 2.23. The molecule has 0 saturated carbocycles. The van der Waals surface area contributed by atoms with Crippen molar-refractivity contribution in [2.75, 3.05) is 12.4 Å². The minimum Gasteiger partial charge on any atom is -0.481 e. The molecule has 5 heteroatoms. The minimum atomic E-state index is -0.723. The van der Waals surface area contributed by atoms with Crippen molar-refractivity contribution in [2.45, 2.75) is 76.4 Å². The van der Waals surface area contributed by atoms with E-state index < -0.39 is 5.97 Å². The first-order chi connectivity index (χ1) is 14.1. The van der Waals surface area contributed by atoms with Crippen molar-refractivity contribution in [3.05, 3.63) is 48.6 Å². The highest BCUT2D eigenvalue weighted by Gasteiger charge is 2.10. The van der Waals surface area contributed by atoms with E-state index in [9.17, 15) is 9.59 Å². The number of hydrogen-bond acceptors (Lipinski definition) is 4. The SMILES string of the molecule is CC/C=C\C/C=C\C(CC(=O)C/C=C\C/C=C\CCCCCC(=O)O)SCCO. The fourth-order valence-electron chi connectivity index (χ4n) is 2.58. The smallest absolute Gasteiger partial charge is 0.303 e. The van der Waals surface area contributed by atoms with Gasteiger partial charge in [-0.2, -0.15) is 11.8 Å². The van der Waals surface area contributed by atoms with Crippen molar-refractivity contribution >= 4 is 23.5 Å². The monoisotopic (exact) mass is 422 g/mol. The molecule has 0 rings (SSSR count). The van der Waals surface area contributed by atoms with Crippen LogP contribution in [0.1, 0.15) is 71.1 Å². The Morgan fingerprint density at radius 3 is 2.38 bits per heavy atom. The summed E-state index contributed by atoms with van der Waals surface area (Å²) in [6, 6.07) is 0. The summed E-state index contributed by atoms with van der Waals surface area (Å²) < 4.78 is 0. The van der Waals surface area contributed by atoms with Crippen molar-refractivity contribution in [1.29, 1.82) is 0 Å². The summed E-state index contributed by atoms with van der Waals surface area (Å²) in [7, 11) is 0. The topological polar surface area (TPSA) is 74.6 Å². The number of ketones is 1. The molecule has 0 aromatic heterocycles. The Bertz CT molecular complexity index is 535. The van der Waals surface area contributed by atoms with Gasteiger partial charge in [-0.25, -0.2) is 0 Å². The second kappa shape index (κ2) is 21.1. The molecule has 0 aliphatic carbocycles. The largest absolute Gasteiger partial charge is 0.481 e. The molecule has 0 aliphatic heterocycles. The van der Waals surface area contributed by atoms with Crippen LogP contribution >= 0.6 is 11.8 Å². The number of carbonyl (C=O) groups is 2. The maximum Gasteiger partial charge on any atom is 0.303 e. The number of aliphatic hydroxyl groups excluding tert-OH is 1. The number of Topliss-reactive ketones (excluding diaryl/α,β-unsaturated/α-hetero) is 1. The summed E-state index contributed by atoms with van der Waals surface area (Å²) in [4.78, 5) is 22.6. The average molecular weight is 423 g/mol. The van der Waals surface area contributed by atoms with Gasteiger partial charge in [-0.15, -0.1) is 0 Å². The summed E-state index contributed by atoms with van der Waals surface area (Å²) in [5.41, 5.74) is 0. The normalized spacial score (nSPS) is 13.3. The lowest BCUT2D eigenvalue weighted by atomic mass is 10.1. The first kappa shape index (κ1) is 27.4. The molecular weight excluding hydrogens is 384 g/mol. The molecule has 0 heterocycles. The number of aliphatic hydroxyl groups is 1. The van der Waals surface area contributed by atoms with Gasteiger partial charge in [0, 0.05) is 30.3 Å². The standard InChI is InChI=1S/C24H38O4S/c1-2-3-4-10-14-17-23(29-20-19-25)21-22(26)16-13-11-8-6-5-7-9-12-15-18-24(27)28/h3-6,11,13-14,17,23,25H,2,7-10,12,15-16,18-21H2,1H3,(H,27,28)/b4-3-,6-5-,13-11-,17-14-. The molecule has 2 N–H and O–H groups in total. The van der Waals surface area contributed by atoms with Gasteiger partial charge >= 0.3 is 5.97 Å². The van der Waals surface area contributed by atoms with E-state index in [0.29, 0.717) is 18.6 Å². The highest BCUT2D eigenvalue weighted by molar-refractivity contribution is 8.00. The number of hydrogen-bond donors (Lipinski definition) is 2. The van der Waals surface area contributed by atoms with E-state index in [1.54, 1.807) is 11.8 Å². The van der Waals surface area contributed by atoms with Crippen molar-refractivity contribution in [2.24, 2.45) is 0 Å². The maximum atomic E-state index is 12.2. The third-order valence-corrected chi connectivity index (χ3v) is 5.26. The summed E-state index contributed by atoms with van der Waals surface area (Å²) >= 11 is 1.62. The van der Waals surface area contributed by atoms with E-state index in [-0.39, 0.29) is 24.1 Å². The van der Waals surface area contributed by atoms with Crippen LogP contribution in [-0.4, -0.2) is 39.6 Å². The Morgan fingerprint density at radius 2 is 1.66 bits per heavy atom. The van der Waals surface area contributed by atoms with Crippen LogP contribution in [0, 0.1) is 0 Å². The van der Waals surface area contributed by atoms with Crippen molar-refractivity contribution in [3.63, 3.8) is 0 Å². The molecule has 0 saturated heterocycles. The molecule has 0 spiro atoms. The predicted octanol–water partition coefficient (Wildman–Crippen LogP) is 5.88. The molecule has 0 aromatic carbocycles. The van der Waals surface area contributed by atoms with Crippen LogP contribution in [0.3, 0.4) is 0 Å². The number of carboxylic acid groups (broad SMARTS) is 1. The van der Waals surface area contributed by atoms with Crippen molar-refractivity contribution in [1.82, 2.24) is 0 Å². The van der Waals surface area contributed by atoms with Gasteiger partial charge in [0.15, 0.2) is 0 Å². The molecular formula is C24H38O4S. The van der Waals surface area contributed by atoms with E-state index in [2.05, 4.69) is 43.4 Å². The van der Waals surface area contributed by atoms with E-state index in [1.165, 1.54) is 0 Å². The molecule has 4 nitrogen and oxygen atoms in total. The summed E-state index contributed by atoms with van der Waals surface area (Å²) in [6.07, 6.45) is 24.2. The van der Waals surface area contributed by atoms with Gasteiger partial charge < -0.3 is 10.2 Å². The lowest BCUT2D eigenvalue weighted by Gasteiger charge is -2.10. The Labute approximate surface area is 180 Å². The zero-order valence-corrected chi connectivity index (χ0v) is 18.6. The van der Waals surface area contributed by atoms with Crippen LogP contribution in [0.25, 0.3) is 0 Å². The zero-order valence-electron chi connectivity index (χ0n) is 17.8. The van der Waals surface area contributed by atoms with Crippen molar-refractivity contribution < 1.29 is 19.8 Å². The highest BCUT2D eigenvalue weighted by Crippen LogP contribution is 2.17. The Morgan fingerprint density at radius 1 is 0.931 bits per heavy atom. The van der Waals surface area contributed by atoms with Gasteiger partial charge in [-0.1, -0.05) is 62.0 Å². The molecule has 0 bridgehead atoms. The number of unbranched alkanes of at least 4 members (excludes halogenated alkanes) is 3. The van der Waals surface area contributed by atoms with Gasteiger partial charge in [0.25, 0.3) is 0 Å². The first-order valence-corrected chi connectivity index (χ1v) is 11.7. The second-order valence-corrected chi connectivity index (χ2v) is 8.14. The van der Waals surface area contributed by atoms with Gasteiger partial charge in [0.1, 0.15) is 5.78 Å². The highest BCUT2D eigenvalue weighted by atomic mass is 32.2. The number of allylic oxidation sites excluding steroid dienone is 7. The number of carbonyl (C=O) groups excluding carboxylic acids is 1. The second-order valence-electron chi connectivity index (χ2n) is 6.79. The van der Waals surface area contributed by atoms with Crippen LogP contribution in [0.5, 0.6) is 0 Å². The lowest BCUT2D eigenvalue weighted by Crippen LogP contribution is -2.09. The van der Waals surface area contributed by atoms with E-state index >= 15 is 0 Å². The zero-order chi connectivity index (χ0) is 21.6. The quantitative estimate of drug-likeness (QED) is 0.201. The Hall–Kier alpha value is -1.59. The number of aliphatic carboxylic acids is 1. The molecule has 1 unspecified atom stereocenters. The van der Waals surface area contributed by atoms with Crippen LogP contribution in [0.4, 0.5) is 0 Å². The van der Waals surface area contributed by atoms with Crippen LogP contribution in [-0.2, 0) is 9.59 Å². The fraction of sp³-hybridized carbons (Fsp3) is 0.583. The van der Waals surface area contributed by atoms with Crippen molar-refractivity contribution in [3.8, 4) is 0 Å². The number of rotatable bonds is 19. The Balaban J connectivity index is 4.01. The first-order valence-electron chi connectivity index (χ1n) is 10.7. The average Bonchev–Trinajstić information content (AvgIpc) is 2.69. The maximum absolute atomic E-state index is 12.2.